The standard InChI is InChI=1S/C14H23N3/c1-9(2)14-16-12(10-5-3-4-6-10)13(15)17(14)11-7-8-11/h9-11H,3-8,15H2,1-2H3. The number of rotatable bonds is 3. The Kier molecular flexibility index (Phi) is 2.64. The van der Waals surface area contributed by atoms with Crippen molar-refractivity contribution in [2.75, 3.05) is 5.73 Å². The molecule has 3 rings (SSSR count). The molecule has 1 aromatic rings. The van der Waals surface area contributed by atoms with Gasteiger partial charge >= 0.3 is 0 Å². The molecule has 0 amide bonds. The summed E-state index contributed by atoms with van der Waals surface area (Å²) in [4.78, 5) is 4.89. The number of nitrogen functional groups attached to an aromatic ring is 1. The Hall–Kier alpha value is -0.990. The average Bonchev–Trinajstić information content (AvgIpc) is 2.86. The highest BCUT2D eigenvalue weighted by atomic mass is 15.2. The highest BCUT2D eigenvalue weighted by molar-refractivity contribution is 5.43. The van der Waals surface area contributed by atoms with Gasteiger partial charge in [-0.25, -0.2) is 4.98 Å². The fraction of sp³-hybridized carbons (Fsp3) is 0.786. The van der Waals surface area contributed by atoms with Gasteiger partial charge in [0.15, 0.2) is 0 Å². The SMILES string of the molecule is CC(C)c1nc(C2CCCC2)c(N)n1C1CC1. The lowest BCUT2D eigenvalue weighted by atomic mass is 10.0. The van der Waals surface area contributed by atoms with Crippen LogP contribution < -0.4 is 5.73 Å². The predicted molar refractivity (Wildman–Crippen MR) is 70.2 cm³/mol. The van der Waals surface area contributed by atoms with Gasteiger partial charge < -0.3 is 10.3 Å². The minimum Gasteiger partial charge on any atom is -0.384 e. The molecule has 0 bridgehead atoms. The first-order valence-corrected chi connectivity index (χ1v) is 7.06. The van der Waals surface area contributed by atoms with Gasteiger partial charge in [0.2, 0.25) is 0 Å². The van der Waals surface area contributed by atoms with E-state index < -0.39 is 0 Å². The molecule has 2 saturated carbocycles. The van der Waals surface area contributed by atoms with Crippen LogP contribution in [0.1, 0.15) is 81.8 Å². The van der Waals surface area contributed by atoms with E-state index in [-0.39, 0.29) is 0 Å². The zero-order valence-electron chi connectivity index (χ0n) is 10.9. The molecule has 2 N–H and O–H groups in total. The van der Waals surface area contributed by atoms with Gasteiger partial charge in [-0.15, -0.1) is 0 Å². The van der Waals surface area contributed by atoms with Crippen molar-refractivity contribution in [2.45, 2.75) is 70.3 Å². The van der Waals surface area contributed by atoms with Gasteiger partial charge in [0.05, 0.1) is 5.69 Å². The maximum Gasteiger partial charge on any atom is 0.127 e. The van der Waals surface area contributed by atoms with E-state index in [4.69, 9.17) is 10.7 Å². The Labute approximate surface area is 103 Å². The first-order valence-electron chi connectivity index (χ1n) is 7.06. The summed E-state index contributed by atoms with van der Waals surface area (Å²) in [6.45, 7) is 4.44. The second kappa shape index (κ2) is 4.04. The number of nitrogens with two attached hydrogens (primary N) is 1. The van der Waals surface area contributed by atoms with Gasteiger partial charge in [-0.2, -0.15) is 0 Å². The lowest BCUT2D eigenvalue weighted by Crippen LogP contribution is -2.07. The molecule has 17 heavy (non-hydrogen) atoms. The van der Waals surface area contributed by atoms with E-state index >= 15 is 0 Å². The van der Waals surface area contributed by atoms with Crippen LogP contribution in [0.25, 0.3) is 0 Å². The van der Waals surface area contributed by atoms with Crippen molar-refractivity contribution in [1.82, 2.24) is 9.55 Å². The average molecular weight is 233 g/mol. The Balaban J connectivity index is 2.01. The van der Waals surface area contributed by atoms with Crippen LogP contribution >= 0.6 is 0 Å². The molecule has 0 saturated heterocycles. The van der Waals surface area contributed by atoms with Crippen molar-refractivity contribution in [3.63, 3.8) is 0 Å². The van der Waals surface area contributed by atoms with Gasteiger partial charge in [-0.1, -0.05) is 26.7 Å². The van der Waals surface area contributed by atoms with Crippen molar-refractivity contribution in [2.24, 2.45) is 0 Å². The molecule has 2 fully saturated rings. The second-order valence-electron chi connectivity index (χ2n) is 5.98. The number of anilines is 1. The topological polar surface area (TPSA) is 43.8 Å². The lowest BCUT2D eigenvalue weighted by molar-refractivity contribution is 0.645. The maximum atomic E-state index is 6.36. The smallest absolute Gasteiger partial charge is 0.127 e. The first kappa shape index (κ1) is 11.1. The van der Waals surface area contributed by atoms with E-state index in [1.54, 1.807) is 0 Å². The number of hydrogen-bond donors (Lipinski definition) is 1. The molecule has 0 aromatic carbocycles. The van der Waals surface area contributed by atoms with Crippen molar-refractivity contribution >= 4 is 5.82 Å². The fourth-order valence-corrected chi connectivity index (χ4v) is 3.10. The first-order chi connectivity index (χ1) is 8.18. The molecule has 0 aliphatic heterocycles. The van der Waals surface area contributed by atoms with Gasteiger partial charge in [0, 0.05) is 17.9 Å². The highest BCUT2D eigenvalue weighted by Gasteiger charge is 2.33. The predicted octanol–water partition coefficient (Wildman–Crippen LogP) is 3.58. The van der Waals surface area contributed by atoms with E-state index in [0.717, 1.165) is 5.82 Å². The Morgan fingerprint density at radius 2 is 1.82 bits per heavy atom. The number of aromatic nitrogens is 2. The molecule has 0 radical (unpaired) electrons. The quantitative estimate of drug-likeness (QED) is 0.867. The van der Waals surface area contributed by atoms with Gasteiger partial charge in [0.1, 0.15) is 11.6 Å². The summed E-state index contributed by atoms with van der Waals surface area (Å²) in [6, 6.07) is 0.648. The minimum atomic E-state index is 0.480. The summed E-state index contributed by atoms with van der Waals surface area (Å²) in [7, 11) is 0. The molecule has 3 heteroatoms. The van der Waals surface area contributed by atoms with Crippen LogP contribution in [0.4, 0.5) is 5.82 Å². The summed E-state index contributed by atoms with van der Waals surface area (Å²) in [6.07, 6.45) is 7.82. The largest absolute Gasteiger partial charge is 0.384 e. The van der Waals surface area contributed by atoms with E-state index in [1.165, 1.54) is 50.0 Å². The molecule has 94 valence electrons. The van der Waals surface area contributed by atoms with E-state index in [0.29, 0.717) is 17.9 Å². The monoisotopic (exact) mass is 233 g/mol. The van der Waals surface area contributed by atoms with Crippen LogP contribution in [0.15, 0.2) is 0 Å². The van der Waals surface area contributed by atoms with Gasteiger partial charge in [0.25, 0.3) is 0 Å². The van der Waals surface area contributed by atoms with Crippen LogP contribution in [0.2, 0.25) is 0 Å². The van der Waals surface area contributed by atoms with E-state index in [2.05, 4.69) is 18.4 Å². The van der Waals surface area contributed by atoms with Gasteiger partial charge in [-0.3, -0.25) is 0 Å². The van der Waals surface area contributed by atoms with Crippen molar-refractivity contribution in [3.8, 4) is 0 Å². The highest BCUT2D eigenvalue weighted by Crippen LogP contribution is 2.44. The van der Waals surface area contributed by atoms with Crippen molar-refractivity contribution in [3.05, 3.63) is 11.5 Å². The van der Waals surface area contributed by atoms with E-state index in [9.17, 15) is 0 Å². The number of hydrogen-bond acceptors (Lipinski definition) is 2. The molecular weight excluding hydrogens is 210 g/mol. The molecule has 1 aromatic heterocycles. The molecule has 0 atom stereocenters. The van der Waals surface area contributed by atoms with Crippen LogP contribution in [-0.4, -0.2) is 9.55 Å². The third-order valence-electron chi connectivity index (χ3n) is 4.17. The second-order valence-corrected chi connectivity index (χ2v) is 5.98. The van der Waals surface area contributed by atoms with Crippen LogP contribution in [-0.2, 0) is 0 Å². The maximum absolute atomic E-state index is 6.36. The molecule has 2 aliphatic rings. The molecule has 0 spiro atoms. The van der Waals surface area contributed by atoms with Crippen molar-refractivity contribution < 1.29 is 0 Å². The number of nitrogens with zero attached hydrogens (tertiary/aromatic N) is 2. The summed E-state index contributed by atoms with van der Waals surface area (Å²) in [5.41, 5.74) is 7.57. The molecule has 3 nitrogen and oxygen atoms in total. The van der Waals surface area contributed by atoms with Crippen LogP contribution in [0.5, 0.6) is 0 Å². The molecule has 0 unspecified atom stereocenters. The fourth-order valence-electron chi connectivity index (χ4n) is 3.10. The normalized spacial score (nSPS) is 21.6. The number of imidazole rings is 1. The zero-order valence-corrected chi connectivity index (χ0v) is 10.9. The lowest BCUT2D eigenvalue weighted by Gasteiger charge is -2.10. The minimum absolute atomic E-state index is 0.480. The Bertz CT molecular complexity index is 409. The van der Waals surface area contributed by atoms with Gasteiger partial charge in [-0.05, 0) is 25.7 Å². The molecule has 2 aliphatic carbocycles. The summed E-state index contributed by atoms with van der Waals surface area (Å²) >= 11 is 0. The zero-order chi connectivity index (χ0) is 12.0. The van der Waals surface area contributed by atoms with Crippen LogP contribution in [0, 0.1) is 0 Å². The Morgan fingerprint density at radius 3 is 2.35 bits per heavy atom. The summed E-state index contributed by atoms with van der Waals surface area (Å²) in [5.74, 6) is 3.30. The van der Waals surface area contributed by atoms with Crippen LogP contribution in [0.3, 0.4) is 0 Å². The summed E-state index contributed by atoms with van der Waals surface area (Å²) in [5, 5.41) is 0. The molecule has 1 heterocycles. The summed E-state index contributed by atoms with van der Waals surface area (Å²) < 4.78 is 2.33. The van der Waals surface area contributed by atoms with E-state index in [1.807, 2.05) is 0 Å². The third-order valence-corrected chi connectivity index (χ3v) is 4.17. The molecular formula is C14H23N3. The third kappa shape index (κ3) is 1.85. The Morgan fingerprint density at radius 1 is 1.18 bits per heavy atom. The van der Waals surface area contributed by atoms with Crippen molar-refractivity contribution in [1.29, 1.82) is 0 Å².